The van der Waals surface area contributed by atoms with Gasteiger partial charge in [-0.05, 0) is 19.8 Å². The molecule has 2 aromatic heterocycles. The molecule has 0 aliphatic heterocycles. The monoisotopic (exact) mass is 340 g/mol. The highest BCUT2D eigenvalue weighted by atomic mass is 19.4. The van der Waals surface area contributed by atoms with E-state index in [0.717, 1.165) is 19.3 Å². The predicted molar refractivity (Wildman–Crippen MR) is 84.4 cm³/mol. The van der Waals surface area contributed by atoms with Gasteiger partial charge in [0.1, 0.15) is 11.4 Å². The maximum Gasteiger partial charge on any atom is 0.422 e. The Morgan fingerprint density at radius 2 is 2.04 bits per heavy atom. The van der Waals surface area contributed by atoms with E-state index in [9.17, 15) is 13.2 Å². The summed E-state index contributed by atoms with van der Waals surface area (Å²) in [6.45, 7) is 1.99. The van der Waals surface area contributed by atoms with Crippen LogP contribution in [0.15, 0.2) is 6.20 Å². The third-order valence-electron chi connectivity index (χ3n) is 4.16. The van der Waals surface area contributed by atoms with E-state index >= 15 is 0 Å². The number of hydrogen-bond acceptors (Lipinski definition) is 5. The van der Waals surface area contributed by atoms with Crippen LogP contribution in [-0.2, 0) is 13.2 Å². The van der Waals surface area contributed by atoms with Gasteiger partial charge in [-0.3, -0.25) is 4.68 Å². The minimum absolute atomic E-state index is 0.168. The smallest absolute Gasteiger partial charge is 0.370 e. The molecule has 0 amide bonds. The third kappa shape index (κ3) is 2.90. The molecule has 3 rings (SSSR count). The third-order valence-corrected chi connectivity index (χ3v) is 4.16. The molecule has 1 aliphatic carbocycles. The highest BCUT2D eigenvalue weighted by Crippen LogP contribution is 2.45. The van der Waals surface area contributed by atoms with Crippen molar-refractivity contribution in [3.8, 4) is 11.3 Å². The summed E-state index contributed by atoms with van der Waals surface area (Å²) in [5, 5.41) is 7.00. The first-order valence-corrected chi connectivity index (χ1v) is 7.83. The van der Waals surface area contributed by atoms with E-state index in [4.69, 9.17) is 5.73 Å². The predicted octanol–water partition coefficient (Wildman–Crippen LogP) is 3.18. The number of aromatic nitrogens is 4. The van der Waals surface area contributed by atoms with Gasteiger partial charge in [0.05, 0.1) is 11.4 Å². The molecule has 1 aliphatic rings. The molecule has 6 nitrogen and oxygen atoms in total. The normalized spacial score (nSPS) is 15.4. The largest absolute Gasteiger partial charge is 0.422 e. The van der Waals surface area contributed by atoms with Crippen molar-refractivity contribution in [3.05, 3.63) is 17.5 Å². The van der Waals surface area contributed by atoms with Crippen LogP contribution in [0.2, 0.25) is 0 Å². The highest BCUT2D eigenvalue weighted by Gasteiger charge is 2.40. The SMILES string of the molecule is CCNc1nc(N)nc(-c2cn(C)nc2C2CCC2)c1C(F)(F)F. The van der Waals surface area contributed by atoms with Crippen molar-refractivity contribution in [2.45, 2.75) is 38.3 Å². The van der Waals surface area contributed by atoms with Crippen LogP contribution in [-0.4, -0.2) is 26.3 Å². The van der Waals surface area contributed by atoms with Gasteiger partial charge in [-0.25, -0.2) is 4.98 Å². The Morgan fingerprint density at radius 3 is 2.58 bits per heavy atom. The van der Waals surface area contributed by atoms with Crippen molar-refractivity contribution in [2.24, 2.45) is 7.05 Å². The van der Waals surface area contributed by atoms with E-state index in [1.165, 1.54) is 4.68 Å². The lowest BCUT2D eigenvalue weighted by Crippen LogP contribution is -2.18. The summed E-state index contributed by atoms with van der Waals surface area (Å²) in [5.74, 6) is -0.325. The average molecular weight is 340 g/mol. The summed E-state index contributed by atoms with van der Waals surface area (Å²) >= 11 is 0. The van der Waals surface area contributed by atoms with Gasteiger partial charge in [-0.2, -0.15) is 23.3 Å². The molecule has 9 heteroatoms. The fraction of sp³-hybridized carbons (Fsp3) is 0.533. The molecule has 0 bridgehead atoms. The van der Waals surface area contributed by atoms with Crippen LogP contribution >= 0.6 is 0 Å². The molecular weight excluding hydrogens is 321 g/mol. The van der Waals surface area contributed by atoms with Gasteiger partial charge in [0, 0.05) is 31.3 Å². The molecule has 2 heterocycles. The Labute approximate surface area is 137 Å². The maximum absolute atomic E-state index is 13.7. The summed E-state index contributed by atoms with van der Waals surface area (Å²) in [5.41, 5.74) is 5.58. The fourth-order valence-corrected chi connectivity index (χ4v) is 2.91. The quantitative estimate of drug-likeness (QED) is 0.893. The van der Waals surface area contributed by atoms with Crippen molar-refractivity contribution in [2.75, 3.05) is 17.6 Å². The molecule has 1 fully saturated rings. The Bertz CT molecular complexity index is 748. The van der Waals surface area contributed by atoms with Crippen LogP contribution in [0.4, 0.5) is 24.9 Å². The van der Waals surface area contributed by atoms with Crippen LogP contribution in [0.1, 0.15) is 43.4 Å². The lowest BCUT2D eigenvalue weighted by Gasteiger charge is -2.25. The van der Waals surface area contributed by atoms with Crippen LogP contribution in [0.3, 0.4) is 0 Å². The molecule has 1 saturated carbocycles. The summed E-state index contributed by atoms with van der Waals surface area (Å²) < 4.78 is 42.6. The van der Waals surface area contributed by atoms with Gasteiger partial charge in [-0.15, -0.1) is 0 Å². The van der Waals surface area contributed by atoms with Crippen LogP contribution in [0, 0.1) is 0 Å². The van der Waals surface area contributed by atoms with E-state index in [2.05, 4.69) is 20.4 Å². The van der Waals surface area contributed by atoms with Crippen molar-refractivity contribution < 1.29 is 13.2 Å². The first kappa shape index (κ1) is 16.5. The zero-order chi connectivity index (χ0) is 17.5. The first-order chi connectivity index (χ1) is 11.3. The van der Waals surface area contributed by atoms with Gasteiger partial charge in [-0.1, -0.05) is 6.42 Å². The minimum atomic E-state index is -4.60. The molecule has 130 valence electrons. The molecule has 0 spiro atoms. The molecule has 24 heavy (non-hydrogen) atoms. The summed E-state index contributed by atoms with van der Waals surface area (Å²) in [6.07, 6.45) is -0.132. The average Bonchev–Trinajstić information content (AvgIpc) is 2.76. The van der Waals surface area contributed by atoms with Gasteiger partial charge in [0.2, 0.25) is 5.95 Å². The number of hydrogen-bond donors (Lipinski definition) is 2. The Kier molecular flexibility index (Phi) is 4.10. The number of nitrogens with one attached hydrogen (secondary N) is 1. The van der Waals surface area contributed by atoms with E-state index in [0.29, 0.717) is 17.8 Å². The van der Waals surface area contributed by atoms with Crippen molar-refractivity contribution in [1.82, 2.24) is 19.7 Å². The zero-order valence-corrected chi connectivity index (χ0v) is 13.5. The highest BCUT2D eigenvalue weighted by molar-refractivity contribution is 5.72. The Morgan fingerprint density at radius 1 is 1.33 bits per heavy atom. The molecule has 0 saturated heterocycles. The van der Waals surface area contributed by atoms with Gasteiger partial charge in [0.15, 0.2) is 0 Å². The number of nitrogens with zero attached hydrogens (tertiary/aromatic N) is 4. The Hall–Kier alpha value is -2.32. The number of halogens is 3. The number of nitrogens with two attached hydrogens (primary N) is 1. The van der Waals surface area contributed by atoms with Gasteiger partial charge >= 0.3 is 6.18 Å². The molecule has 0 radical (unpaired) electrons. The first-order valence-electron chi connectivity index (χ1n) is 7.83. The Balaban J connectivity index is 2.24. The number of alkyl halides is 3. The molecule has 3 N–H and O–H groups in total. The molecular formula is C15H19F3N6. The summed E-state index contributed by atoms with van der Waals surface area (Å²) in [7, 11) is 1.69. The van der Waals surface area contributed by atoms with E-state index < -0.39 is 11.7 Å². The van der Waals surface area contributed by atoms with E-state index in [1.54, 1.807) is 20.2 Å². The van der Waals surface area contributed by atoms with Crippen LogP contribution in [0.25, 0.3) is 11.3 Å². The fourth-order valence-electron chi connectivity index (χ4n) is 2.91. The maximum atomic E-state index is 13.7. The standard InChI is InChI=1S/C15H19F3N6/c1-3-20-13-10(15(16,17)18)12(21-14(19)22-13)9-7-24(2)23-11(9)8-5-4-6-8/h7-8H,3-6H2,1-2H3,(H3,19,20,21,22). The van der Waals surface area contributed by atoms with E-state index in [1.807, 2.05) is 0 Å². The van der Waals surface area contributed by atoms with Crippen molar-refractivity contribution >= 4 is 11.8 Å². The number of anilines is 2. The second-order valence-electron chi connectivity index (χ2n) is 5.91. The second kappa shape index (κ2) is 5.95. The second-order valence-corrected chi connectivity index (χ2v) is 5.91. The lowest BCUT2D eigenvalue weighted by molar-refractivity contribution is -0.136. The van der Waals surface area contributed by atoms with Crippen molar-refractivity contribution in [3.63, 3.8) is 0 Å². The number of aryl methyl sites for hydroxylation is 1. The number of nitrogen functional groups attached to an aromatic ring is 1. The molecule has 0 unspecified atom stereocenters. The van der Waals surface area contributed by atoms with E-state index in [-0.39, 0.29) is 23.4 Å². The lowest BCUT2D eigenvalue weighted by atomic mass is 9.81. The number of rotatable bonds is 4. The zero-order valence-electron chi connectivity index (χ0n) is 13.5. The van der Waals surface area contributed by atoms with Crippen LogP contribution < -0.4 is 11.1 Å². The minimum Gasteiger partial charge on any atom is -0.370 e. The van der Waals surface area contributed by atoms with Gasteiger partial charge in [0.25, 0.3) is 0 Å². The molecule has 0 atom stereocenters. The topological polar surface area (TPSA) is 81.6 Å². The summed E-state index contributed by atoms with van der Waals surface area (Å²) in [6, 6.07) is 0. The summed E-state index contributed by atoms with van der Waals surface area (Å²) in [4.78, 5) is 7.66. The molecule has 0 aromatic carbocycles. The van der Waals surface area contributed by atoms with Crippen molar-refractivity contribution in [1.29, 1.82) is 0 Å². The van der Waals surface area contributed by atoms with Crippen LogP contribution in [0.5, 0.6) is 0 Å². The van der Waals surface area contributed by atoms with Gasteiger partial charge < -0.3 is 11.1 Å². The molecule has 2 aromatic rings.